The van der Waals surface area contributed by atoms with Crippen molar-refractivity contribution in [1.29, 1.82) is 0 Å². The van der Waals surface area contributed by atoms with Crippen LogP contribution in [0.1, 0.15) is 0 Å². The van der Waals surface area contributed by atoms with E-state index in [0.717, 1.165) is 72.0 Å². The SMILES string of the molecule is c1ccc(-c2ccc(-c3cc(-c4ccccc4)cc(-n4c5ccc6ccccc6c5c5cccc(-c6cccc7c6oc6c(-c8ccccc8)cccc67)c54)c3)cc2)cc1. The summed E-state index contributed by atoms with van der Waals surface area (Å²) in [5.41, 5.74) is 16.7. The van der Waals surface area contributed by atoms with E-state index in [4.69, 9.17) is 4.42 Å². The topological polar surface area (TPSA) is 18.1 Å². The van der Waals surface area contributed by atoms with Crippen molar-refractivity contribution < 1.29 is 4.42 Å². The summed E-state index contributed by atoms with van der Waals surface area (Å²) in [6, 6.07) is 81.1. The first-order valence-electron chi connectivity index (χ1n) is 20.6. The normalized spacial score (nSPS) is 11.7. The van der Waals surface area contributed by atoms with E-state index in [2.05, 4.69) is 229 Å². The monoisotopic (exact) mass is 763 g/mol. The van der Waals surface area contributed by atoms with Gasteiger partial charge in [0.2, 0.25) is 0 Å². The first-order chi connectivity index (χ1) is 29.8. The van der Waals surface area contributed by atoms with Crippen molar-refractivity contribution in [3.8, 4) is 61.3 Å². The summed E-state index contributed by atoms with van der Waals surface area (Å²) in [4.78, 5) is 0. The summed E-state index contributed by atoms with van der Waals surface area (Å²) >= 11 is 0. The van der Waals surface area contributed by atoms with Crippen LogP contribution in [0.3, 0.4) is 0 Å². The summed E-state index contributed by atoms with van der Waals surface area (Å²) in [6.07, 6.45) is 0. The van der Waals surface area contributed by atoms with Crippen molar-refractivity contribution in [3.05, 3.63) is 224 Å². The maximum Gasteiger partial charge on any atom is 0.143 e. The van der Waals surface area contributed by atoms with Gasteiger partial charge >= 0.3 is 0 Å². The highest BCUT2D eigenvalue weighted by Gasteiger charge is 2.22. The maximum absolute atomic E-state index is 7.05. The minimum atomic E-state index is 0.891. The number of nitrogens with zero attached hydrogens (tertiary/aromatic N) is 1. The molecule has 12 rings (SSSR count). The third-order valence-electron chi connectivity index (χ3n) is 12.2. The molecule has 0 radical (unpaired) electrons. The van der Waals surface area contributed by atoms with Crippen LogP contribution in [0.4, 0.5) is 0 Å². The van der Waals surface area contributed by atoms with Crippen LogP contribution in [0.5, 0.6) is 0 Å². The van der Waals surface area contributed by atoms with Gasteiger partial charge in [-0.05, 0) is 74.0 Å². The lowest BCUT2D eigenvalue weighted by Gasteiger charge is -2.16. The molecule has 0 fully saturated rings. The predicted molar refractivity (Wildman–Crippen MR) is 253 cm³/mol. The van der Waals surface area contributed by atoms with Gasteiger partial charge in [0.05, 0.1) is 11.0 Å². The van der Waals surface area contributed by atoms with Gasteiger partial charge in [0.25, 0.3) is 0 Å². The Kier molecular flexibility index (Phi) is 7.89. The lowest BCUT2D eigenvalue weighted by Crippen LogP contribution is -1.97. The first kappa shape index (κ1) is 34.1. The number of para-hydroxylation sites is 3. The molecule has 0 aliphatic carbocycles. The molecule has 2 nitrogen and oxygen atoms in total. The number of hydrogen-bond acceptors (Lipinski definition) is 1. The molecule has 2 heteroatoms. The quantitative estimate of drug-likeness (QED) is 0.165. The summed E-state index contributed by atoms with van der Waals surface area (Å²) in [5, 5.41) is 7.13. The standard InChI is InChI=1S/C58H37NO/c1-4-15-38(16-5-1)40-29-31-41(32-30-40)45-35-44(39-17-6-2-7-18-39)36-46(37-45)59-54-34-33-43-21-10-11-22-47(43)55(54)53-28-13-24-49(56(53)59)50-25-14-27-52-51-26-12-23-48(57(51)60-58(50)52)42-19-8-3-9-20-42/h1-37H. The van der Waals surface area contributed by atoms with Crippen LogP contribution in [0.15, 0.2) is 229 Å². The van der Waals surface area contributed by atoms with Crippen LogP contribution in [0.25, 0.3) is 116 Å². The van der Waals surface area contributed by atoms with Crippen molar-refractivity contribution in [2.24, 2.45) is 0 Å². The summed E-state index contributed by atoms with van der Waals surface area (Å²) in [7, 11) is 0. The second-order valence-electron chi connectivity index (χ2n) is 15.6. The number of hydrogen-bond donors (Lipinski definition) is 0. The van der Waals surface area contributed by atoms with E-state index in [-0.39, 0.29) is 0 Å². The molecule has 0 amide bonds. The molecule has 0 aliphatic rings. The van der Waals surface area contributed by atoms with Crippen molar-refractivity contribution in [2.45, 2.75) is 0 Å². The average molecular weight is 764 g/mol. The minimum absolute atomic E-state index is 0.891. The van der Waals surface area contributed by atoms with E-state index >= 15 is 0 Å². The Morgan fingerprint density at radius 2 is 0.783 bits per heavy atom. The van der Waals surface area contributed by atoms with Crippen LogP contribution in [0.2, 0.25) is 0 Å². The molecule has 0 saturated heterocycles. The Morgan fingerprint density at radius 1 is 0.300 bits per heavy atom. The molecule has 12 aromatic rings. The van der Waals surface area contributed by atoms with Crippen LogP contribution in [-0.2, 0) is 0 Å². The van der Waals surface area contributed by atoms with Crippen molar-refractivity contribution in [3.63, 3.8) is 0 Å². The van der Waals surface area contributed by atoms with Gasteiger partial charge in [-0.2, -0.15) is 0 Å². The van der Waals surface area contributed by atoms with E-state index in [1.54, 1.807) is 0 Å². The highest BCUT2D eigenvalue weighted by atomic mass is 16.3. The van der Waals surface area contributed by atoms with Gasteiger partial charge in [0, 0.05) is 43.9 Å². The number of fused-ring (bicyclic) bond motifs is 8. The van der Waals surface area contributed by atoms with Crippen LogP contribution < -0.4 is 0 Å². The fourth-order valence-corrected chi connectivity index (χ4v) is 9.39. The zero-order chi connectivity index (χ0) is 39.6. The molecule has 2 heterocycles. The van der Waals surface area contributed by atoms with Crippen LogP contribution in [-0.4, -0.2) is 4.57 Å². The lowest BCUT2D eigenvalue weighted by atomic mass is 9.96. The summed E-state index contributed by atoms with van der Waals surface area (Å²) in [6.45, 7) is 0. The Balaban J connectivity index is 1.15. The van der Waals surface area contributed by atoms with Gasteiger partial charge in [-0.15, -0.1) is 0 Å². The molecule has 0 spiro atoms. The first-order valence-corrected chi connectivity index (χ1v) is 20.6. The van der Waals surface area contributed by atoms with Gasteiger partial charge in [-0.25, -0.2) is 0 Å². The fourth-order valence-electron chi connectivity index (χ4n) is 9.39. The molecule has 0 atom stereocenters. The van der Waals surface area contributed by atoms with E-state index in [0.29, 0.717) is 0 Å². The summed E-state index contributed by atoms with van der Waals surface area (Å²) in [5.74, 6) is 0. The van der Waals surface area contributed by atoms with Gasteiger partial charge in [-0.1, -0.05) is 200 Å². The van der Waals surface area contributed by atoms with E-state index in [1.165, 1.54) is 43.8 Å². The van der Waals surface area contributed by atoms with Crippen molar-refractivity contribution in [2.75, 3.05) is 0 Å². The van der Waals surface area contributed by atoms with E-state index in [9.17, 15) is 0 Å². The number of furan rings is 1. The predicted octanol–water partition coefficient (Wildman–Crippen LogP) is 16.2. The third-order valence-corrected chi connectivity index (χ3v) is 12.2. The maximum atomic E-state index is 7.05. The number of rotatable bonds is 6. The molecule has 0 bridgehead atoms. The highest BCUT2D eigenvalue weighted by molar-refractivity contribution is 6.24. The van der Waals surface area contributed by atoms with Crippen LogP contribution >= 0.6 is 0 Å². The molecule has 0 N–H and O–H groups in total. The van der Waals surface area contributed by atoms with Gasteiger partial charge in [0.15, 0.2) is 0 Å². The van der Waals surface area contributed by atoms with Gasteiger partial charge in [-0.3, -0.25) is 0 Å². The largest absolute Gasteiger partial charge is 0.455 e. The van der Waals surface area contributed by atoms with Crippen molar-refractivity contribution >= 4 is 54.5 Å². The molecule has 280 valence electrons. The van der Waals surface area contributed by atoms with Crippen molar-refractivity contribution in [1.82, 2.24) is 4.57 Å². The third kappa shape index (κ3) is 5.50. The second-order valence-corrected chi connectivity index (χ2v) is 15.6. The minimum Gasteiger partial charge on any atom is -0.455 e. The van der Waals surface area contributed by atoms with Gasteiger partial charge in [0.1, 0.15) is 11.2 Å². The molecule has 2 aromatic heterocycles. The lowest BCUT2D eigenvalue weighted by molar-refractivity contribution is 0.671. The summed E-state index contributed by atoms with van der Waals surface area (Å²) < 4.78 is 9.55. The molecular formula is C58H37NO. The second kappa shape index (κ2) is 13.9. The van der Waals surface area contributed by atoms with E-state index < -0.39 is 0 Å². The Bertz CT molecular complexity index is 3560. The zero-order valence-electron chi connectivity index (χ0n) is 32.7. The molecule has 0 saturated carbocycles. The zero-order valence-corrected chi connectivity index (χ0v) is 32.7. The average Bonchev–Trinajstić information content (AvgIpc) is 3.89. The molecule has 0 aliphatic heterocycles. The molecule has 60 heavy (non-hydrogen) atoms. The Hall–Kier alpha value is -7.94. The number of aromatic nitrogens is 1. The number of benzene rings is 10. The Morgan fingerprint density at radius 3 is 1.45 bits per heavy atom. The Labute approximate surface area is 347 Å². The van der Waals surface area contributed by atoms with Crippen LogP contribution in [0, 0.1) is 0 Å². The smallest absolute Gasteiger partial charge is 0.143 e. The molecular weight excluding hydrogens is 727 g/mol. The fraction of sp³-hybridized carbons (Fsp3) is 0. The molecule has 10 aromatic carbocycles. The van der Waals surface area contributed by atoms with Gasteiger partial charge < -0.3 is 8.98 Å². The molecule has 0 unspecified atom stereocenters. The van der Waals surface area contributed by atoms with E-state index in [1.807, 2.05) is 0 Å². The highest BCUT2D eigenvalue weighted by Crippen LogP contribution is 2.46.